The van der Waals surface area contributed by atoms with Crippen molar-refractivity contribution in [2.24, 2.45) is 0 Å². The summed E-state index contributed by atoms with van der Waals surface area (Å²) in [5.41, 5.74) is 2.16. The van der Waals surface area contributed by atoms with Gasteiger partial charge in [0.25, 0.3) is 5.22 Å². The Kier molecular flexibility index (Phi) is 5.02. The summed E-state index contributed by atoms with van der Waals surface area (Å²) in [5.74, 6) is 0.651. The summed E-state index contributed by atoms with van der Waals surface area (Å²) in [6.07, 6.45) is 4.05. The van der Waals surface area contributed by atoms with E-state index in [0.29, 0.717) is 22.7 Å². The van der Waals surface area contributed by atoms with Crippen molar-refractivity contribution in [1.82, 2.24) is 25.1 Å². The van der Waals surface area contributed by atoms with Crippen LogP contribution in [-0.4, -0.2) is 38.2 Å². The van der Waals surface area contributed by atoms with Gasteiger partial charge in [-0.2, -0.15) is 0 Å². The number of likely N-dealkylation sites (tertiary alicyclic amines) is 1. The van der Waals surface area contributed by atoms with Gasteiger partial charge in [-0.3, -0.25) is 4.90 Å². The van der Waals surface area contributed by atoms with Crippen LogP contribution in [0.3, 0.4) is 0 Å². The van der Waals surface area contributed by atoms with Crippen LogP contribution in [0.5, 0.6) is 0 Å². The van der Waals surface area contributed by atoms with E-state index < -0.39 is 0 Å². The number of aromatic nitrogens is 4. The van der Waals surface area contributed by atoms with E-state index in [4.69, 9.17) is 16.0 Å². The van der Waals surface area contributed by atoms with Crippen LogP contribution in [0.25, 0.3) is 21.3 Å². The van der Waals surface area contributed by atoms with Gasteiger partial charge in [-0.1, -0.05) is 23.7 Å². The maximum Gasteiger partial charge on any atom is 0.283 e. The van der Waals surface area contributed by atoms with Gasteiger partial charge >= 0.3 is 0 Å². The maximum atomic E-state index is 6.04. The quantitative estimate of drug-likeness (QED) is 0.407. The molecule has 0 aliphatic carbocycles. The van der Waals surface area contributed by atoms with E-state index in [-0.39, 0.29) is 0 Å². The van der Waals surface area contributed by atoms with Gasteiger partial charge in [0.2, 0.25) is 5.89 Å². The van der Waals surface area contributed by atoms with Crippen LogP contribution in [0.2, 0.25) is 5.02 Å². The number of hydrogen-bond donors (Lipinski definition) is 0. The Morgan fingerprint density at radius 1 is 1.11 bits per heavy atom. The monoisotopic (exact) mass is 429 g/mol. The SMILES string of the molecule is Clc1ccc(-c2csc3ncnc(Sc4nnc(CN5CCCC5)o4)c23)cc1. The van der Waals surface area contributed by atoms with E-state index >= 15 is 0 Å². The van der Waals surface area contributed by atoms with Crippen molar-refractivity contribution in [2.75, 3.05) is 13.1 Å². The predicted molar refractivity (Wildman–Crippen MR) is 111 cm³/mol. The zero-order chi connectivity index (χ0) is 18.9. The number of nitrogens with zero attached hydrogens (tertiary/aromatic N) is 5. The second-order valence-electron chi connectivity index (χ2n) is 6.56. The molecular weight excluding hydrogens is 414 g/mol. The Bertz CT molecular complexity index is 1110. The molecule has 0 spiro atoms. The summed E-state index contributed by atoms with van der Waals surface area (Å²) in [7, 11) is 0. The highest BCUT2D eigenvalue weighted by Crippen LogP contribution is 2.40. The normalized spacial score (nSPS) is 14.9. The van der Waals surface area contributed by atoms with Gasteiger partial charge < -0.3 is 4.42 Å². The van der Waals surface area contributed by atoms with Gasteiger partial charge in [0.05, 0.1) is 11.9 Å². The fraction of sp³-hybridized carbons (Fsp3) is 0.263. The molecule has 1 aliphatic rings. The van der Waals surface area contributed by atoms with E-state index in [1.807, 2.05) is 24.3 Å². The highest BCUT2D eigenvalue weighted by Gasteiger charge is 2.19. The molecule has 0 atom stereocenters. The molecule has 3 aromatic heterocycles. The molecule has 1 fully saturated rings. The standard InChI is InChI=1S/C19H16ClN5OS2/c20-13-5-3-12(4-6-13)14-10-27-17-16(14)18(22-11-21-17)28-19-24-23-15(26-19)9-25-7-1-2-8-25/h3-6,10-11H,1-2,7-9H2. The summed E-state index contributed by atoms with van der Waals surface area (Å²) < 4.78 is 5.86. The lowest BCUT2D eigenvalue weighted by atomic mass is 10.1. The molecule has 0 saturated carbocycles. The van der Waals surface area contributed by atoms with Gasteiger partial charge in [0.1, 0.15) is 16.2 Å². The van der Waals surface area contributed by atoms with Crippen LogP contribution in [0, 0.1) is 0 Å². The summed E-state index contributed by atoms with van der Waals surface area (Å²) >= 11 is 9.01. The van der Waals surface area contributed by atoms with E-state index in [1.165, 1.54) is 24.6 Å². The van der Waals surface area contributed by atoms with E-state index in [9.17, 15) is 0 Å². The number of benzene rings is 1. The topological polar surface area (TPSA) is 67.9 Å². The minimum atomic E-state index is 0.502. The van der Waals surface area contributed by atoms with Crippen LogP contribution >= 0.6 is 34.7 Å². The predicted octanol–water partition coefficient (Wildman–Crippen LogP) is 5.14. The van der Waals surface area contributed by atoms with Crippen molar-refractivity contribution in [3.63, 3.8) is 0 Å². The molecule has 4 aromatic rings. The maximum absolute atomic E-state index is 6.04. The zero-order valence-electron chi connectivity index (χ0n) is 14.8. The van der Waals surface area contributed by atoms with Crippen molar-refractivity contribution in [2.45, 2.75) is 29.6 Å². The van der Waals surface area contributed by atoms with Crippen molar-refractivity contribution in [3.8, 4) is 11.1 Å². The first-order valence-corrected chi connectivity index (χ1v) is 11.0. The molecule has 4 heterocycles. The Hall–Kier alpha value is -2.00. The second kappa shape index (κ2) is 7.79. The summed E-state index contributed by atoms with van der Waals surface area (Å²) in [4.78, 5) is 12.2. The fourth-order valence-electron chi connectivity index (χ4n) is 3.33. The molecule has 6 nitrogen and oxygen atoms in total. The van der Waals surface area contributed by atoms with Crippen LogP contribution in [-0.2, 0) is 6.54 Å². The molecule has 0 N–H and O–H groups in total. The van der Waals surface area contributed by atoms with Crippen molar-refractivity contribution in [3.05, 3.63) is 46.9 Å². The average Bonchev–Trinajstić information content (AvgIpc) is 3.45. The Balaban J connectivity index is 1.45. The molecule has 28 heavy (non-hydrogen) atoms. The van der Waals surface area contributed by atoms with Gasteiger partial charge in [-0.25, -0.2) is 9.97 Å². The Morgan fingerprint density at radius 3 is 2.75 bits per heavy atom. The third kappa shape index (κ3) is 3.65. The van der Waals surface area contributed by atoms with Gasteiger partial charge in [0.15, 0.2) is 0 Å². The number of thiophene rings is 1. The van der Waals surface area contributed by atoms with Crippen LogP contribution in [0.15, 0.2) is 50.6 Å². The van der Waals surface area contributed by atoms with Gasteiger partial charge in [0, 0.05) is 16.0 Å². The number of hydrogen-bond acceptors (Lipinski definition) is 8. The molecule has 0 amide bonds. The minimum absolute atomic E-state index is 0.502. The third-order valence-electron chi connectivity index (χ3n) is 4.68. The lowest BCUT2D eigenvalue weighted by Crippen LogP contribution is -2.18. The molecule has 1 aliphatic heterocycles. The van der Waals surface area contributed by atoms with E-state index in [0.717, 1.165) is 39.5 Å². The zero-order valence-corrected chi connectivity index (χ0v) is 17.2. The van der Waals surface area contributed by atoms with Crippen molar-refractivity contribution >= 4 is 44.9 Å². The van der Waals surface area contributed by atoms with E-state index in [2.05, 4.69) is 30.4 Å². The molecule has 0 unspecified atom stereocenters. The van der Waals surface area contributed by atoms with Crippen LogP contribution in [0.1, 0.15) is 18.7 Å². The summed E-state index contributed by atoms with van der Waals surface area (Å²) in [5, 5.41) is 13.5. The fourth-order valence-corrected chi connectivity index (χ4v) is 5.22. The first kappa shape index (κ1) is 18.1. The molecule has 0 bridgehead atoms. The van der Waals surface area contributed by atoms with Crippen molar-refractivity contribution in [1.29, 1.82) is 0 Å². The first-order valence-electron chi connectivity index (χ1n) is 8.97. The molecule has 142 valence electrons. The van der Waals surface area contributed by atoms with Gasteiger partial charge in [-0.05, 0) is 55.4 Å². The van der Waals surface area contributed by atoms with Crippen LogP contribution in [0.4, 0.5) is 0 Å². The molecular formula is C19H16ClN5OS2. The van der Waals surface area contributed by atoms with Gasteiger partial charge in [-0.15, -0.1) is 21.5 Å². The number of halogens is 1. The highest BCUT2D eigenvalue weighted by molar-refractivity contribution is 7.99. The highest BCUT2D eigenvalue weighted by atomic mass is 35.5. The summed E-state index contributed by atoms with van der Waals surface area (Å²) in [6, 6.07) is 7.79. The lowest BCUT2D eigenvalue weighted by molar-refractivity contribution is 0.278. The molecule has 1 saturated heterocycles. The first-order chi connectivity index (χ1) is 13.8. The number of rotatable bonds is 5. The Morgan fingerprint density at radius 2 is 1.93 bits per heavy atom. The largest absolute Gasteiger partial charge is 0.414 e. The average molecular weight is 430 g/mol. The van der Waals surface area contributed by atoms with Crippen molar-refractivity contribution < 1.29 is 4.42 Å². The second-order valence-corrected chi connectivity index (χ2v) is 8.80. The van der Waals surface area contributed by atoms with Crippen LogP contribution < -0.4 is 0 Å². The molecule has 5 rings (SSSR count). The third-order valence-corrected chi connectivity index (χ3v) is 6.66. The molecule has 0 radical (unpaired) electrons. The molecule has 1 aromatic carbocycles. The summed E-state index contributed by atoms with van der Waals surface area (Å²) in [6.45, 7) is 2.90. The lowest BCUT2D eigenvalue weighted by Gasteiger charge is -2.10. The number of fused-ring (bicyclic) bond motifs is 1. The Labute approximate surface area is 175 Å². The van der Waals surface area contributed by atoms with E-state index in [1.54, 1.807) is 17.7 Å². The smallest absolute Gasteiger partial charge is 0.283 e. The minimum Gasteiger partial charge on any atom is -0.414 e. The molecule has 9 heteroatoms.